The maximum atomic E-state index is 9.59. The van der Waals surface area contributed by atoms with Crippen LogP contribution in [0, 0.1) is 0 Å². The van der Waals surface area contributed by atoms with Gasteiger partial charge in [-0.2, -0.15) is 0 Å². The summed E-state index contributed by atoms with van der Waals surface area (Å²) in [7, 11) is 0. The standard InChI is InChI=1S/C18H29N3O2/c22-18-11-10-16(20-17(18)15-19-23)9-5-4-8-14-21-12-6-2-1-3-7-13-21/h10-11,15,22-23H,1-9,12-14H2. The zero-order valence-corrected chi connectivity index (χ0v) is 14.0. The number of rotatable bonds is 7. The average molecular weight is 319 g/mol. The monoisotopic (exact) mass is 319 g/mol. The number of oxime groups is 1. The van der Waals surface area contributed by atoms with Crippen molar-refractivity contribution in [2.75, 3.05) is 19.6 Å². The normalized spacial score (nSPS) is 17.2. The Morgan fingerprint density at radius 1 is 1.04 bits per heavy atom. The van der Waals surface area contributed by atoms with Crippen molar-refractivity contribution in [2.45, 2.75) is 57.8 Å². The highest BCUT2D eigenvalue weighted by molar-refractivity contribution is 5.80. The lowest BCUT2D eigenvalue weighted by atomic mass is 10.1. The second kappa shape index (κ2) is 10.2. The van der Waals surface area contributed by atoms with Crippen LogP contribution in [-0.4, -0.2) is 46.0 Å². The van der Waals surface area contributed by atoms with E-state index < -0.39 is 0 Å². The Morgan fingerprint density at radius 3 is 2.52 bits per heavy atom. The zero-order valence-electron chi connectivity index (χ0n) is 14.0. The van der Waals surface area contributed by atoms with Crippen molar-refractivity contribution in [3.05, 3.63) is 23.5 Å². The summed E-state index contributed by atoms with van der Waals surface area (Å²) >= 11 is 0. The predicted octanol–water partition coefficient (Wildman–Crippen LogP) is 3.57. The van der Waals surface area contributed by atoms with Crippen LogP contribution in [0.5, 0.6) is 5.75 Å². The van der Waals surface area contributed by atoms with Gasteiger partial charge in [-0.15, -0.1) is 0 Å². The largest absolute Gasteiger partial charge is 0.506 e. The van der Waals surface area contributed by atoms with E-state index in [4.69, 9.17) is 5.21 Å². The summed E-state index contributed by atoms with van der Waals surface area (Å²) in [5.41, 5.74) is 1.26. The van der Waals surface area contributed by atoms with E-state index >= 15 is 0 Å². The fourth-order valence-corrected chi connectivity index (χ4v) is 3.15. The van der Waals surface area contributed by atoms with E-state index in [9.17, 15) is 5.11 Å². The maximum Gasteiger partial charge on any atom is 0.142 e. The number of aryl methyl sites for hydroxylation is 1. The molecule has 0 unspecified atom stereocenters. The molecule has 1 aromatic heterocycles. The molecule has 0 aromatic carbocycles. The molecule has 0 spiro atoms. The predicted molar refractivity (Wildman–Crippen MR) is 92.4 cm³/mol. The SMILES string of the molecule is ON=Cc1nc(CCCCCN2CCCCCCC2)ccc1O. The summed E-state index contributed by atoms with van der Waals surface area (Å²) in [6.07, 6.45) is 12.5. The molecule has 1 aliphatic heterocycles. The van der Waals surface area contributed by atoms with Crippen molar-refractivity contribution in [3.63, 3.8) is 0 Å². The molecule has 0 atom stereocenters. The van der Waals surface area contributed by atoms with E-state index in [-0.39, 0.29) is 5.75 Å². The summed E-state index contributed by atoms with van der Waals surface area (Å²) < 4.78 is 0. The highest BCUT2D eigenvalue weighted by atomic mass is 16.4. The van der Waals surface area contributed by atoms with Gasteiger partial charge in [0.25, 0.3) is 0 Å². The molecule has 1 aliphatic rings. The van der Waals surface area contributed by atoms with Gasteiger partial charge in [0.15, 0.2) is 0 Å². The van der Waals surface area contributed by atoms with Crippen LogP contribution in [0.4, 0.5) is 0 Å². The van der Waals surface area contributed by atoms with Crippen LogP contribution in [0.2, 0.25) is 0 Å². The third-order valence-corrected chi connectivity index (χ3v) is 4.50. The smallest absolute Gasteiger partial charge is 0.142 e. The number of pyridine rings is 1. The van der Waals surface area contributed by atoms with Gasteiger partial charge in [0.1, 0.15) is 11.4 Å². The first-order valence-corrected chi connectivity index (χ1v) is 8.88. The van der Waals surface area contributed by atoms with Gasteiger partial charge >= 0.3 is 0 Å². The van der Waals surface area contributed by atoms with E-state index in [0.29, 0.717) is 5.69 Å². The molecular formula is C18H29N3O2. The summed E-state index contributed by atoms with van der Waals surface area (Å²) in [5.74, 6) is 0.0450. The Labute approximate surface area is 139 Å². The summed E-state index contributed by atoms with van der Waals surface area (Å²) in [6.45, 7) is 3.75. The Hall–Kier alpha value is -1.62. The van der Waals surface area contributed by atoms with Crippen LogP contribution in [-0.2, 0) is 6.42 Å². The van der Waals surface area contributed by atoms with E-state index in [1.165, 1.54) is 70.8 Å². The highest BCUT2D eigenvalue weighted by Gasteiger charge is 2.07. The third kappa shape index (κ3) is 6.57. The molecule has 0 saturated carbocycles. The minimum atomic E-state index is 0.0450. The van der Waals surface area contributed by atoms with Crippen LogP contribution in [0.15, 0.2) is 17.3 Å². The molecule has 0 radical (unpaired) electrons. The third-order valence-electron chi connectivity index (χ3n) is 4.50. The lowest BCUT2D eigenvalue weighted by molar-refractivity contribution is 0.242. The molecule has 5 heteroatoms. The molecule has 2 N–H and O–H groups in total. The fraction of sp³-hybridized carbons (Fsp3) is 0.667. The van der Waals surface area contributed by atoms with Crippen molar-refractivity contribution in [1.29, 1.82) is 0 Å². The molecular weight excluding hydrogens is 290 g/mol. The Balaban J connectivity index is 1.66. The Morgan fingerprint density at radius 2 is 1.78 bits per heavy atom. The second-order valence-corrected chi connectivity index (χ2v) is 6.37. The molecule has 0 aliphatic carbocycles. The summed E-state index contributed by atoms with van der Waals surface area (Å²) in [6, 6.07) is 3.45. The molecule has 5 nitrogen and oxygen atoms in total. The molecule has 1 fully saturated rings. The minimum absolute atomic E-state index is 0.0450. The number of likely N-dealkylation sites (tertiary alicyclic amines) is 1. The van der Waals surface area contributed by atoms with Crippen LogP contribution in [0.1, 0.15) is 62.8 Å². The van der Waals surface area contributed by atoms with Crippen LogP contribution < -0.4 is 0 Å². The average Bonchev–Trinajstić information content (AvgIpc) is 2.52. The number of aromatic nitrogens is 1. The maximum absolute atomic E-state index is 9.59. The minimum Gasteiger partial charge on any atom is -0.506 e. The number of aromatic hydroxyl groups is 1. The molecule has 0 bridgehead atoms. The number of hydrogen-bond donors (Lipinski definition) is 2. The van der Waals surface area contributed by atoms with Gasteiger partial charge < -0.3 is 15.2 Å². The molecule has 0 amide bonds. The first-order chi connectivity index (χ1) is 11.3. The quantitative estimate of drug-likeness (QED) is 0.349. The van der Waals surface area contributed by atoms with Crippen LogP contribution in [0.3, 0.4) is 0 Å². The van der Waals surface area contributed by atoms with Gasteiger partial charge in [0.2, 0.25) is 0 Å². The van der Waals surface area contributed by atoms with Crippen molar-refractivity contribution in [1.82, 2.24) is 9.88 Å². The number of nitrogens with zero attached hydrogens (tertiary/aromatic N) is 3. The number of unbranched alkanes of at least 4 members (excludes halogenated alkanes) is 2. The van der Waals surface area contributed by atoms with E-state index in [1.54, 1.807) is 6.07 Å². The van der Waals surface area contributed by atoms with Crippen molar-refractivity contribution >= 4 is 6.21 Å². The van der Waals surface area contributed by atoms with E-state index in [0.717, 1.165) is 18.5 Å². The molecule has 2 rings (SSSR count). The summed E-state index contributed by atoms with van der Waals surface area (Å²) in [5, 5.41) is 21.1. The zero-order chi connectivity index (χ0) is 16.3. The Bertz CT molecular complexity index is 483. The van der Waals surface area contributed by atoms with Gasteiger partial charge in [-0.3, -0.25) is 0 Å². The molecule has 1 saturated heterocycles. The van der Waals surface area contributed by atoms with Crippen LogP contribution in [0.25, 0.3) is 0 Å². The molecule has 23 heavy (non-hydrogen) atoms. The first kappa shape index (κ1) is 17.7. The second-order valence-electron chi connectivity index (χ2n) is 6.37. The van der Waals surface area contributed by atoms with Crippen molar-refractivity contribution in [2.24, 2.45) is 5.16 Å². The lowest BCUT2D eigenvalue weighted by Gasteiger charge is -2.24. The first-order valence-electron chi connectivity index (χ1n) is 8.88. The van der Waals surface area contributed by atoms with Gasteiger partial charge in [-0.05, 0) is 63.9 Å². The molecule has 2 heterocycles. The lowest BCUT2D eigenvalue weighted by Crippen LogP contribution is -2.28. The van der Waals surface area contributed by atoms with Gasteiger partial charge in [-0.1, -0.05) is 30.8 Å². The van der Waals surface area contributed by atoms with Crippen molar-refractivity contribution < 1.29 is 10.3 Å². The summed E-state index contributed by atoms with van der Waals surface area (Å²) in [4.78, 5) is 6.92. The van der Waals surface area contributed by atoms with Gasteiger partial charge in [-0.25, -0.2) is 4.98 Å². The topological polar surface area (TPSA) is 69.0 Å². The van der Waals surface area contributed by atoms with Crippen molar-refractivity contribution in [3.8, 4) is 5.75 Å². The number of hydrogen-bond acceptors (Lipinski definition) is 5. The van der Waals surface area contributed by atoms with Gasteiger partial charge in [0, 0.05) is 5.69 Å². The Kier molecular flexibility index (Phi) is 7.87. The van der Waals surface area contributed by atoms with Crippen LogP contribution >= 0.6 is 0 Å². The van der Waals surface area contributed by atoms with E-state index in [1.807, 2.05) is 6.07 Å². The van der Waals surface area contributed by atoms with E-state index in [2.05, 4.69) is 15.0 Å². The fourth-order valence-electron chi connectivity index (χ4n) is 3.15. The molecule has 1 aromatic rings. The van der Waals surface area contributed by atoms with Gasteiger partial charge in [0.05, 0.1) is 6.21 Å². The highest BCUT2D eigenvalue weighted by Crippen LogP contribution is 2.15. The molecule has 128 valence electrons.